The van der Waals surface area contributed by atoms with E-state index in [4.69, 9.17) is 0 Å². The van der Waals surface area contributed by atoms with E-state index >= 15 is 0 Å². The molecular weight excluding hydrogens is 414 g/mol. The maximum Gasteiger partial charge on any atom is -0.147 e. The van der Waals surface area contributed by atoms with Crippen molar-refractivity contribution < 1.29 is 24.7 Å². The second-order valence-electron chi connectivity index (χ2n) is 8.54. The molecule has 1 aliphatic carbocycles. The van der Waals surface area contributed by atoms with Crippen LogP contribution in [0.3, 0.4) is 0 Å². The van der Waals surface area contributed by atoms with E-state index in [0.29, 0.717) is 3.63 Å². The van der Waals surface area contributed by atoms with Crippen LogP contribution in [0, 0.1) is 0 Å². The third-order valence-electron chi connectivity index (χ3n) is 4.75. The van der Waals surface area contributed by atoms with Crippen LogP contribution in [0.25, 0.3) is 11.1 Å². The summed E-state index contributed by atoms with van der Waals surface area (Å²) in [5, 5.41) is 0. The minimum atomic E-state index is 0. The van der Waals surface area contributed by atoms with Gasteiger partial charge in [-0.3, -0.25) is 0 Å². The number of hydrogen-bond donors (Lipinski definition) is 0. The number of halogens is 2. The Bertz CT molecular complexity index is 673. The van der Waals surface area contributed by atoms with Gasteiger partial charge in [-0.15, -0.1) is 24.8 Å². The van der Waals surface area contributed by atoms with Gasteiger partial charge in [0.05, 0.1) is 0 Å². The van der Waals surface area contributed by atoms with Crippen LogP contribution < -0.4 is 0 Å². The molecule has 3 rings (SSSR count). The molecule has 0 bridgehead atoms. The van der Waals surface area contributed by atoms with Gasteiger partial charge in [0, 0.05) is 0 Å². The quantitative estimate of drug-likeness (QED) is 0.425. The zero-order chi connectivity index (χ0) is 16.3. The number of rotatable bonds is 0. The smallest absolute Gasteiger partial charge is 0.147 e. The summed E-state index contributed by atoms with van der Waals surface area (Å²) in [6.07, 6.45) is 0. The largest absolute Gasteiger partial charge is 0.147 e. The van der Waals surface area contributed by atoms with Gasteiger partial charge in [-0.25, -0.2) is 0 Å². The fourth-order valence-corrected chi connectivity index (χ4v) is 4.42. The van der Waals surface area contributed by atoms with E-state index in [1.165, 1.54) is 33.4 Å². The summed E-state index contributed by atoms with van der Waals surface area (Å²) in [4.78, 5) is 0. The average Bonchev–Trinajstić information content (AvgIpc) is 2.70. The molecule has 0 amide bonds. The molecule has 2 aromatic rings. The minimum absolute atomic E-state index is 0. The molecule has 0 radical (unpaired) electrons. The summed E-state index contributed by atoms with van der Waals surface area (Å²) in [5.74, 6) is 0. The predicted molar refractivity (Wildman–Crippen MR) is 106 cm³/mol. The van der Waals surface area contributed by atoms with Crippen LogP contribution in [-0.4, -0.2) is 0 Å². The van der Waals surface area contributed by atoms with Gasteiger partial charge >= 0.3 is 150 Å². The summed E-state index contributed by atoms with van der Waals surface area (Å²) in [6, 6.07) is 14.3. The molecule has 3 heteroatoms. The van der Waals surface area contributed by atoms with Crippen molar-refractivity contribution >= 4 is 24.8 Å². The third kappa shape index (κ3) is 3.84. The Morgan fingerprint density at radius 3 is 1.29 bits per heavy atom. The van der Waals surface area contributed by atoms with Crippen LogP contribution in [0.2, 0.25) is 0 Å². The van der Waals surface area contributed by atoms with E-state index in [1.54, 1.807) is 24.7 Å². The van der Waals surface area contributed by atoms with E-state index in [1.807, 2.05) is 0 Å². The Hall–Kier alpha value is -0.0969. The Morgan fingerprint density at radius 2 is 1.00 bits per heavy atom. The van der Waals surface area contributed by atoms with Crippen molar-refractivity contribution in [2.24, 2.45) is 0 Å². The molecule has 0 heterocycles. The fraction of sp³-hybridized carbons (Fsp3) is 0.429. The molecule has 0 atom stereocenters. The number of fused-ring (bicyclic) bond motifs is 3. The molecule has 0 spiro atoms. The van der Waals surface area contributed by atoms with Crippen molar-refractivity contribution in [2.75, 3.05) is 0 Å². The molecule has 24 heavy (non-hydrogen) atoms. The molecule has 0 aromatic heterocycles. The van der Waals surface area contributed by atoms with Crippen molar-refractivity contribution in [1.82, 2.24) is 0 Å². The van der Waals surface area contributed by atoms with Crippen LogP contribution in [0.1, 0.15) is 67.4 Å². The van der Waals surface area contributed by atoms with Crippen LogP contribution in [-0.2, 0) is 35.5 Å². The fourth-order valence-electron chi connectivity index (χ4n) is 3.18. The standard InChI is InChI=1S/C21H25.2ClH.Zr/c1-20(2,3)16-9-7-14-11-15-8-10-17(21(4,5)6)13-19(15)18(14)12-16;;;/h7-13H,1-6H3;2*1H;. The second-order valence-corrected chi connectivity index (χ2v) is 9.96. The maximum atomic E-state index is 2.44. The molecule has 1 aliphatic rings. The van der Waals surface area contributed by atoms with Crippen LogP contribution in [0.4, 0.5) is 0 Å². The van der Waals surface area contributed by atoms with E-state index in [2.05, 4.69) is 77.9 Å². The van der Waals surface area contributed by atoms with Gasteiger partial charge < -0.3 is 0 Å². The van der Waals surface area contributed by atoms with Crippen LogP contribution >= 0.6 is 24.8 Å². The molecule has 0 unspecified atom stereocenters. The van der Waals surface area contributed by atoms with Crippen molar-refractivity contribution in [3.63, 3.8) is 0 Å². The Balaban J connectivity index is 0.00000144. The SMILES string of the molecule is CC(C)(C)c1ccc2c(c1)-c1cc(C(C)(C)C)ccc1[CH]2[Zr].Cl.Cl. The van der Waals surface area contributed by atoms with Gasteiger partial charge in [0.2, 0.25) is 0 Å². The van der Waals surface area contributed by atoms with E-state index < -0.39 is 0 Å². The second kappa shape index (κ2) is 7.26. The Kier molecular flexibility index (Phi) is 6.64. The summed E-state index contributed by atoms with van der Waals surface area (Å²) < 4.78 is 0.597. The summed E-state index contributed by atoms with van der Waals surface area (Å²) >= 11 is 1.59. The zero-order valence-electron chi connectivity index (χ0n) is 15.4. The molecule has 0 saturated carbocycles. The average molecular weight is 442 g/mol. The summed E-state index contributed by atoms with van der Waals surface area (Å²) in [7, 11) is 0. The first-order chi connectivity index (χ1) is 10.1. The molecule has 0 fully saturated rings. The molecule has 0 aliphatic heterocycles. The van der Waals surface area contributed by atoms with E-state index in [9.17, 15) is 0 Å². The first-order valence-electron chi connectivity index (χ1n) is 8.09. The van der Waals surface area contributed by atoms with Gasteiger partial charge in [0.15, 0.2) is 0 Å². The van der Waals surface area contributed by atoms with Crippen LogP contribution in [0.15, 0.2) is 36.4 Å². The van der Waals surface area contributed by atoms with E-state index in [-0.39, 0.29) is 35.6 Å². The Labute approximate surface area is 174 Å². The summed E-state index contributed by atoms with van der Waals surface area (Å²) in [6.45, 7) is 13.8. The summed E-state index contributed by atoms with van der Waals surface area (Å²) in [5.41, 5.74) is 9.25. The molecule has 2 aromatic carbocycles. The number of hydrogen-bond acceptors (Lipinski definition) is 0. The van der Waals surface area contributed by atoms with Gasteiger partial charge in [0.1, 0.15) is 0 Å². The van der Waals surface area contributed by atoms with Gasteiger partial charge in [-0.1, -0.05) is 0 Å². The molecule has 129 valence electrons. The third-order valence-corrected chi connectivity index (χ3v) is 6.28. The number of benzene rings is 2. The van der Waals surface area contributed by atoms with Gasteiger partial charge in [-0.2, -0.15) is 0 Å². The monoisotopic (exact) mass is 439 g/mol. The van der Waals surface area contributed by atoms with Crippen molar-refractivity contribution in [1.29, 1.82) is 0 Å². The van der Waals surface area contributed by atoms with Gasteiger partial charge in [-0.05, 0) is 0 Å². The van der Waals surface area contributed by atoms with Crippen molar-refractivity contribution in [3.05, 3.63) is 58.7 Å². The van der Waals surface area contributed by atoms with Crippen LogP contribution in [0.5, 0.6) is 0 Å². The first-order valence-corrected chi connectivity index (χ1v) is 9.51. The Morgan fingerprint density at radius 1 is 0.667 bits per heavy atom. The minimum Gasteiger partial charge on any atom is -0.147 e. The molecule has 0 N–H and O–H groups in total. The first kappa shape index (κ1) is 21.9. The zero-order valence-corrected chi connectivity index (χ0v) is 19.4. The topological polar surface area (TPSA) is 0 Å². The predicted octanol–water partition coefficient (Wildman–Crippen LogP) is 6.74. The normalized spacial score (nSPS) is 13.5. The molecule has 0 saturated heterocycles. The van der Waals surface area contributed by atoms with Crippen molar-refractivity contribution in [3.8, 4) is 11.1 Å². The molecular formula is C21H27Cl2Zr. The molecule has 0 nitrogen and oxygen atoms in total. The van der Waals surface area contributed by atoms with Gasteiger partial charge in [0.25, 0.3) is 0 Å². The maximum absolute atomic E-state index is 2.44. The van der Waals surface area contributed by atoms with Crippen molar-refractivity contribution in [2.45, 2.75) is 56.0 Å². The van der Waals surface area contributed by atoms with E-state index in [0.717, 1.165) is 0 Å².